The van der Waals surface area contributed by atoms with Crippen LogP contribution in [0.1, 0.15) is 121 Å². The Kier molecular flexibility index (Phi) is 40.9. The zero-order valence-corrected chi connectivity index (χ0v) is 53.6. The van der Waals surface area contributed by atoms with Gasteiger partial charge in [0.25, 0.3) is 0 Å². The monoisotopic (exact) mass is 1380 g/mol. The van der Waals surface area contributed by atoms with Crippen LogP contribution in [0.5, 0.6) is 5.75 Å². The molecule has 0 aliphatic heterocycles. The van der Waals surface area contributed by atoms with Crippen molar-refractivity contribution in [2.24, 2.45) is 11.8 Å². The molecule has 0 aliphatic carbocycles. The number of benzene rings is 2. The Bertz CT molecular complexity index is 2930. The van der Waals surface area contributed by atoms with Gasteiger partial charge in [0.2, 0.25) is 70.9 Å². The second-order valence-corrected chi connectivity index (χ2v) is 22.1. The number of ketones is 3. The summed E-state index contributed by atoms with van der Waals surface area (Å²) in [6.45, 7) is 2.32. The average molecular weight is 1380 g/mol. The van der Waals surface area contributed by atoms with Crippen LogP contribution in [0.4, 0.5) is 0 Å². The first-order valence-corrected chi connectivity index (χ1v) is 30.7. The van der Waals surface area contributed by atoms with Crippen LogP contribution in [-0.2, 0) is 99.0 Å². The molecule has 19 N–H and O–H groups in total. The molecule has 538 valence electrons. The quantitative estimate of drug-likeness (QED) is 0.0178. The van der Waals surface area contributed by atoms with Crippen molar-refractivity contribution in [2.75, 3.05) is 40.1 Å². The maximum absolute atomic E-state index is 14.6. The fraction of sp³-hybridized carbons (Fsp3) is 0.550. The number of nitrogens with one attached hydrogen (secondary N) is 12. The lowest BCUT2D eigenvalue weighted by molar-refractivity contribution is -0.138. The standard InChI is InChI=1S/C60H88N12O25/c1-35(73)31-39(32-37-10-13-40(74)14-11-37)56(84)66-46(33-36-7-4-3-5-8-36)48(76)34-38(12-20-49(77)67-89)55(83)62-42(16-22-51(79)69-91)58(86)64-44(18-24-53(81)71-93)60(88)65-45(19-25-54(82)72-94)59(87)63-43(17-23-52(80)70-92)57(85)61-41(15-21-50(78)68-90)47(75)9-6-26-96-29-30-97-28-27-95-2/h3-5,7-8,10-11,13-14,38-39,41-46,74,89-94H,6,9,12,15-34H2,1-2H3,(H,61,85)(H,62,83)(H,63,87)(H,64,86)(H,65,88)(H,66,84)(H,67,77)(H,68,78)(H,69,79)(H,70,80)(H,71,81)(H,72,82)/t38-,39+,41-,42-,43-,44-,45-,46-/m1/s1. The van der Waals surface area contributed by atoms with Crippen LogP contribution in [0, 0.1) is 11.8 Å². The third-order valence-corrected chi connectivity index (χ3v) is 14.7. The molecule has 2 rings (SSSR count). The van der Waals surface area contributed by atoms with Crippen LogP contribution in [-0.4, -0.2) is 201 Å². The van der Waals surface area contributed by atoms with Crippen molar-refractivity contribution < 1.29 is 122 Å². The number of hydroxylamine groups is 6. The van der Waals surface area contributed by atoms with E-state index in [-0.39, 0.29) is 63.5 Å². The molecule has 37 nitrogen and oxygen atoms in total. The number of phenols is 1. The van der Waals surface area contributed by atoms with E-state index in [4.69, 9.17) is 19.4 Å². The van der Waals surface area contributed by atoms with Gasteiger partial charge in [0.15, 0.2) is 11.6 Å². The number of ether oxygens (including phenoxy) is 3. The summed E-state index contributed by atoms with van der Waals surface area (Å²) >= 11 is 0. The second kappa shape index (κ2) is 47.4. The van der Waals surface area contributed by atoms with Crippen LogP contribution in [0.2, 0.25) is 0 Å². The van der Waals surface area contributed by atoms with E-state index in [1.807, 2.05) is 0 Å². The van der Waals surface area contributed by atoms with Gasteiger partial charge in [0.1, 0.15) is 35.7 Å². The van der Waals surface area contributed by atoms with Gasteiger partial charge in [0.05, 0.1) is 38.5 Å². The molecule has 0 saturated heterocycles. The Balaban J connectivity index is 2.62. The van der Waals surface area contributed by atoms with Crippen molar-refractivity contribution in [3.63, 3.8) is 0 Å². The van der Waals surface area contributed by atoms with Gasteiger partial charge in [-0.1, -0.05) is 42.5 Å². The van der Waals surface area contributed by atoms with E-state index in [0.717, 1.165) is 0 Å². The van der Waals surface area contributed by atoms with Crippen molar-refractivity contribution in [3.8, 4) is 5.75 Å². The van der Waals surface area contributed by atoms with Crippen molar-refractivity contribution >= 4 is 88.2 Å². The molecule has 0 spiro atoms. The molecule has 0 heterocycles. The summed E-state index contributed by atoms with van der Waals surface area (Å²) in [6, 6.07) is 3.31. The highest BCUT2D eigenvalue weighted by atomic mass is 16.5. The SMILES string of the molecule is COCCOCCOCCCC(=O)[C@@H](CCC(=O)NO)NC(=O)[C@@H](CCC(=O)NO)NC(=O)[C@@H](CCC(=O)NO)NC(=O)[C@@H](CCC(=O)NO)NC(=O)[C@@H](CCC(=O)NO)NC(=O)[C@H](CCC(=O)NO)CC(=O)[C@@H](Cc1ccccc1)NC(=O)[C@@H](CC(C)=O)Cc1ccc(O)cc1. The van der Waals surface area contributed by atoms with Gasteiger partial charge in [-0.25, -0.2) is 32.9 Å². The summed E-state index contributed by atoms with van der Waals surface area (Å²) in [4.78, 5) is 201. The topological polar surface area (TPSA) is 570 Å². The molecule has 2 aromatic carbocycles. The summed E-state index contributed by atoms with van der Waals surface area (Å²) in [5, 5.41) is 79.9. The molecule has 12 amide bonds. The highest BCUT2D eigenvalue weighted by Crippen LogP contribution is 2.21. The third-order valence-electron chi connectivity index (χ3n) is 14.7. The molecular weight excluding hydrogens is 1290 g/mol. The fourth-order valence-corrected chi connectivity index (χ4v) is 9.39. The molecule has 2 aromatic rings. The summed E-state index contributed by atoms with van der Waals surface area (Å²) in [6.07, 6.45) is -9.47. The number of carbonyl (C=O) groups is 15. The Morgan fingerprint density at radius 3 is 1.12 bits per heavy atom. The number of carbonyl (C=O) groups excluding carboxylic acids is 15. The lowest BCUT2D eigenvalue weighted by Gasteiger charge is -2.28. The summed E-state index contributed by atoms with van der Waals surface area (Å²) < 4.78 is 15.7. The Labute approximate surface area is 556 Å². The van der Waals surface area contributed by atoms with Crippen LogP contribution in [0.3, 0.4) is 0 Å². The van der Waals surface area contributed by atoms with Gasteiger partial charge in [-0.3, -0.25) is 98.4 Å². The Morgan fingerprint density at radius 2 is 0.711 bits per heavy atom. The molecule has 0 radical (unpaired) electrons. The molecule has 0 saturated carbocycles. The predicted molar refractivity (Wildman–Crippen MR) is 328 cm³/mol. The van der Waals surface area contributed by atoms with Crippen LogP contribution < -0.4 is 64.8 Å². The molecule has 97 heavy (non-hydrogen) atoms. The first kappa shape index (κ1) is 83.6. The number of Topliss-reactive ketones (excluding diaryl/α,β-unsaturated/α-hetero) is 3. The third kappa shape index (κ3) is 34.7. The maximum atomic E-state index is 14.6. The number of hydrogen-bond acceptors (Lipinski definition) is 25. The molecule has 8 atom stereocenters. The largest absolute Gasteiger partial charge is 0.508 e. The zero-order chi connectivity index (χ0) is 72.2. The molecule has 37 heteroatoms. The van der Waals surface area contributed by atoms with E-state index < -0.39 is 214 Å². The first-order valence-electron chi connectivity index (χ1n) is 30.7. The lowest BCUT2D eigenvalue weighted by atomic mass is 9.89. The van der Waals surface area contributed by atoms with Gasteiger partial charge in [0, 0.05) is 83.3 Å². The molecule has 0 fully saturated rings. The van der Waals surface area contributed by atoms with Crippen LogP contribution in [0.25, 0.3) is 0 Å². The minimum atomic E-state index is -2.01. The Morgan fingerprint density at radius 1 is 0.361 bits per heavy atom. The number of aromatic hydroxyl groups is 1. The van der Waals surface area contributed by atoms with Gasteiger partial charge in [-0.15, -0.1) is 0 Å². The lowest BCUT2D eigenvalue weighted by Crippen LogP contribution is -2.59. The van der Waals surface area contributed by atoms with Gasteiger partial charge >= 0.3 is 0 Å². The predicted octanol–water partition coefficient (Wildman–Crippen LogP) is -3.00. The first-order chi connectivity index (χ1) is 46.3. The molecule has 0 aliphatic rings. The molecule has 0 unspecified atom stereocenters. The summed E-state index contributed by atoms with van der Waals surface area (Å²) in [5.74, 6) is -18.3. The summed E-state index contributed by atoms with van der Waals surface area (Å²) in [7, 11) is 1.49. The Hall–Kier alpha value is -9.47. The van der Waals surface area contributed by atoms with Gasteiger partial charge < -0.3 is 56.0 Å². The van der Waals surface area contributed by atoms with Gasteiger partial charge in [-0.05, 0) is 88.0 Å². The minimum absolute atomic E-state index is 0.0136. The van der Waals surface area contributed by atoms with Crippen LogP contribution in [0.15, 0.2) is 54.6 Å². The minimum Gasteiger partial charge on any atom is -0.508 e. The normalized spacial score (nSPS) is 13.3. The van der Waals surface area contributed by atoms with Crippen molar-refractivity contribution in [1.82, 2.24) is 64.8 Å². The number of phenolic OH excluding ortho intramolecular Hbond substituents is 1. The van der Waals surface area contributed by atoms with Gasteiger partial charge in [-0.2, -0.15) is 0 Å². The van der Waals surface area contributed by atoms with E-state index in [9.17, 15) is 103 Å². The van der Waals surface area contributed by atoms with Crippen molar-refractivity contribution in [1.29, 1.82) is 0 Å². The van der Waals surface area contributed by atoms with Crippen molar-refractivity contribution in [2.45, 2.75) is 159 Å². The fourth-order valence-electron chi connectivity index (χ4n) is 9.39. The van der Waals surface area contributed by atoms with E-state index in [1.54, 1.807) is 30.3 Å². The van der Waals surface area contributed by atoms with E-state index in [1.165, 1.54) is 71.2 Å². The number of amides is 12. The smallest absolute Gasteiger partial charge is 0.243 e. The zero-order valence-electron chi connectivity index (χ0n) is 53.6. The summed E-state index contributed by atoms with van der Waals surface area (Å²) in [5.41, 5.74) is 9.18. The number of hydrogen-bond donors (Lipinski definition) is 19. The van der Waals surface area contributed by atoms with E-state index >= 15 is 0 Å². The van der Waals surface area contributed by atoms with Crippen molar-refractivity contribution in [3.05, 3.63) is 65.7 Å². The van der Waals surface area contributed by atoms with E-state index in [2.05, 4.69) is 31.9 Å². The average Bonchev–Trinajstić information content (AvgIpc) is 0.920. The van der Waals surface area contributed by atoms with E-state index in [0.29, 0.717) is 24.3 Å². The van der Waals surface area contributed by atoms with Crippen LogP contribution >= 0.6 is 0 Å². The highest BCUT2D eigenvalue weighted by Gasteiger charge is 2.36. The molecule has 0 bridgehead atoms. The highest BCUT2D eigenvalue weighted by molar-refractivity contribution is 5.99. The number of methoxy groups -OCH3 is 1. The molecule has 0 aromatic heterocycles. The molecular formula is C60H88N12O25. The number of rotatable bonds is 50. The second-order valence-electron chi connectivity index (χ2n) is 22.1. The maximum Gasteiger partial charge on any atom is 0.243 e.